The summed E-state index contributed by atoms with van der Waals surface area (Å²) in [6, 6.07) is 21.9. The van der Waals surface area contributed by atoms with Gasteiger partial charge in [0, 0.05) is 27.8 Å². The van der Waals surface area contributed by atoms with Crippen LogP contribution in [0.5, 0.6) is 0 Å². The lowest BCUT2D eigenvalue weighted by Crippen LogP contribution is -2.27. The molecule has 0 radical (unpaired) electrons. The lowest BCUT2D eigenvalue weighted by molar-refractivity contribution is -0.128. The number of hydrogen-bond donors (Lipinski definition) is 1. The molecular formula is C23H18Cl2N2O2S. The van der Waals surface area contributed by atoms with Crippen molar-refractivity contribution in [3.63, 3.8) is 0 Å². The lowest BCUT2D eigenvalue weighted by atomic mass is 10.1. The van der Waals surface area contributed by atoms with Crippen LogP contribution in [0.1, 0.15) is 26.9 Å². The fourth-order valence-corrected chi connectivity index (χ4v) is 4.76. The fourth-order valence-electron chi connectivity index (χ4n) is 3.26. The molecule has 2 amide bonds. The van der Waals surface area contributed by atoms with Gasteiger partial charge in [-0.3, -0.25) is 9.59 Å². The van der Waals surface area contributed by atoms with Gasteiger partial charge in [-0.2, -0.15) is 0 Å². The molecule has 0 unspecified atom stereocenters. The second-order valence-electron chi connectivity index (χ2n) is 6.90. The maximum atomic E-state index is 12.5. The molecule has 0 spiro atoms. The number of anilines is 1. The van der Waals surface area contributed by atoms with Crippen LogP contribution in [0.15, 0.2) is 72.8 Å². The summed E-state index contributed by atoms with van der Waals surface area (Å²) in [7, 11) is 0. The van der Waals surface area contributed by atoms with Crippen molar-refractivity contribution in [2.24, 2.45) is 0 Å². The molecule has 4 nitrogen and oxygen atoms in total. The highest BCUT2D eigenvalue weighted by molar-refractivity contribution is 8.00. The number of nitrogens with one attached hydrogen (secondary N) is 1. The van der Waals surface area contributed by atoms with Gasteiger partial charge in [0.1, 0.15) is 5.37 Å². The molecule has 0 saturated carbocycles. The molecule has 1 saturated heterocycles. The van der Waals surface area contributed by atoms with Crippen LogP contribution in [0.4, 0.5) is 5.69 Å². The first-order valence-corrected chi connectivity index (χ1v) is 11.1. The van der Waals surface area contributed by atoms with Crippen molar-refractivity contribution >= 4 is 52.5 Å². The van der Waals surface area contributed by atoms with Crippen LogP contribution in [-0.2, 0) is 11.3 Å². The molecule has 0 bridgehead atoms. The van der Waals surface area contributed by atoms with E-state index in [1.807, 2.05) is 41.3 Å². The van der Waals surface area contributed by atoms with Crippen LogP contribution in [0.25, 0.3) is 0 Å². The van der Waals surface area contributed by atoms with Crippen molar-refractivity contribution in [2.75, 3.05) is 11.1 Å². The van der Waals surface area contributed by atoms with Gasteiger partial charge in [-0.25, -0.2) is 0 Å². The van der Waals surface area contributed by atoms with Crippen LogP contribution < -0.4 is 5.32 Å². The first-order valence-electron chi connectivity index (χ1n) is 9.32. The topological polar surface area (TPSA) is 49.4 Å². The van der Waals surface area contributed by atoms with E-state index in [0.29, 0.717) is 33.6 Å². The molecule has 30 heavy (non-hydrogen) atoms. The Morgan fingerprint density at radius 2 is 1.73 bits per heavy atom. The number of carbonyl (C=O) groups is 2. The van der Waals surface area contributed by atoms with Crippen molar-refractivity contribution in [3.8, 4) is 0 Å². The van der Waals surface area contributed by atoms with E-state index in [1.54, 1.807) is 48.2 Å². The highest BCUT2D eigenvalue weighted by atomic mass is 35.5. The first kappa shape index (κ1) is 20.8. The van der Waals surface area contributed by atoms with Crippen molar-refractivity contribution in [1.82, 2.24) is 4.90 Å². The zero-order chi connectivity index (χ0) is 21.1. The zero-order valence-corrected chi connectivity index (χ0v) is 18.2. The maximum Gasteiger partial charge on any atom is 0.255 e. The summed E-state index contributed by atoms with van der Waals surface area (Å²) in [5.74, 6) is 0.328. The molecule has 1 heterocycles. The molecule has 3 aromatic rings. The van der Waals surface area contributed by atoms with Crippen molar-refractivity contribution in [3.05, 3.63) is 99.5 Å². The Bertz CT molecular complexity index is 1070. The van der Waals surface area contributed by atoms with Gasteiger partial charge in [-0.05, 0) is 53.6 Å². The van der Waals surface area contributed by atoms with E-state index < -0.39 is 0 Å². The Kier molecular flexibility index (Phi) is 6.32. The molecule has 1 fully saturated rings. The third-order valence-electron chi connectivity index (χ3n) is 4.77. The molecule has 1 aliphatic heterocycles. The lowest BCUT2D eigenvalue weighted by Gasteiger charge is -2.24. The minimum absolute atomic E-state index is 0.0850. The van der Waals surface area contributed by atoms with Crippen LogP contribution in [0, 0.1) is 0 Å². The van der Waals surface area contributed by atoms with Gasteiger partial charge in [0.2, 0.25) is 5.91 Å². The SMILES string of the molecule is O=C(Nc1cccc(Cl)c1)c1ccc([C@H]2SCC(=O)N2Cc2ccc(Cl)cc2)cc1. The quantitative estimate of drug-likeness (QED) is 0.510. The van der Waals surface area contributed by atoms with Crippen LogP contribution >= 0.6 is 35.0 Å². The Balaban J connectivity index is 1.47. The molecule has 152 valence electrons. The summed E-state index contributed by atoms with van der Waals surface area (Å²) in [4.78, 5) is 26.8. The number of hydrogen-bond acceptors (Lipinski definition) is 3. The van der Waals surface area contributed by atoms with Crippen molar-refractivity contribution in [2.45, 2.75) is 11.9 Å². The first-order chi connectivity index (χ1) is 14.5. The summed E-state index contributed by atoms with van der Waals surface area (Å²) in [6.45, 7) is 0.519. The standard InChI is InChI=1S/C23H18Cl2N2O2S/c24-18-10-4-15(5-11-18)13-27-21(28)14-30-23(27)17-8-6-16(7-9-17)22(29)26-20-3-1-2-19(25)12-20/h1-12,23H,13-14H2,(H,26,29)/t23-/m1/s1. The van der Waals surface area contributed by atoms with E-state index in [-0.39, 0.29) is 17.2 Å². The fraction of sp³-hybridized carbons (Fsp3) is 0.130. The van der Waals surface area contributed by atoms with Crippen LogP contribution in [-0.4, -0.2) is 22.5 Å². The molecule has 1 atom stereocenters. The van der Waals surface area contributed by atoms with Gasteiger partial charge < -0.3 is 10.2 Å². The molecule has 1 N–H and O–H groups in total. The molecule has 7 heteroatoms. The van der Waals surface area contributed by atoms with Crippen LogP contribution in [0.3, 0.4) is 0 Å². The zero-order valence-electron chi connectivity index (χ0n) is 15.8. The smallest absolute Gasteiger partial charge is 0.255 e. The Labute approximate surface area is 189 Å². The van der Waals surface area contributed by atoms with E-state index in [4.69, 9.17) is 23.2 Å². The van der Waals surface area contributed by atoms with Gasteiger partial charge in [-0.15, -0.1) is 11.8 Å². The number of amides is 2. The van der Waals surface area contributed by atoms with E-state index in [1.165, 1.54) is 0 Å². The van der Waals surface area contributed by atoms with Gasteiger partial charge in [0.05, 0.1) is 5.75 Å². The summed E-state index contributed by atoms with van der Waals surface area (Å²) in [5.41, 5.74) is 3.19. The summed E-state index contributed by atoms with van der Waals surface area (Å²) < 4.78 is 0. The number of rotatable bonds is 5. The summed E-state index contributed by atoms with van der Waals surface area (Å²) in [6.07, 6.45) is 0. The highest BCUT2D eigenvalue weighted by Gasteiger charge is 2.32. The normalized spacial score (nSPS) is 16.0. The van der Waals surface area contributed by atoms with Gasteiger partial charge in [-0.1, -0.05) is 53.5 Å². The van der Waals surface area contributed by atoms with E-state index >= 15 is 0 Å². The molecule has 1 aliphatic rings. The molecular weight excluding hydrogens is 439 g/mol. The third kappa shape index (κ3) is 4.81. The minimum atomic E-state index is -0.211. The average Bonchev–Trinajstić information content (AvgIpc) is 3.10. The summed E-state index contributed by atoms with van der Waals surface area (Å²) in [5, 5.41) is 3.98. The maximum absolute atomic E-state index is 12.5. The van der Waals surface area contributed by atoms with E-state index in [9.17, 15) is 9.59 Å². The summed E-state index contributed by atoms with van der Waals surface area (Å²) >= 11 is 13.5. The Morgan fingerprint density at radius 3 is 2.43 bits per heavy atom. The number of halogens is 2. The number of benzene rings is 3. The number of thioether (sulfide) groups is 1. The monoisotopic (exact) mass is 456 g/mol. The molecule has 0 aliphatic carbocycles. The second-order valence-corrected chi connectivity index (χ2v) is 8.84. The van der Waals surface area contributed by atoms with Crippen LogP contribution in [0.2, 0.25) is 10.0 Å². The molecule has 3 aromatic carbocycles. The van der Waals surface area contributed by atoms with Gasteiger partial charge >= 0.3 is 0 Å². The van der Waals surface area contributed by atoms with E-state index in [2.05, 4.69) is 5.32 Å². The van der Waals surface area contributed by atoms with E-state index in [0.717, 1.165) is 11.1 Å². The second kappa shape index (κ2) is 9.13. The third-order valence-corrected chi connectivity index (χ3v) is 6.52. The predicted molar refractivity (Wildman–Crippen MR) is 123 cm³/mol. The number of carbonyl (C=O) groups excluding carboxylic acids is 2. The van der Waals surface area contributed by atoms with Crippen molar-refractivity contribution in [1.29, 1.82) is 0 Å². The Morgan fingerprint density at radius 1 is 1.00 bits per heavy atom. The van der Waals surface area contributed by atoms with Crippen molar-refractivity contribution < 1.29 is 9.59 Å². The minimum Gasteiger partial charge on any atom is -0.322 e. The Hall–Kier alpha value is -2.47. The molecule has 0 aromatic heterocycles. The van der Waals surface area contributed by atoms with Gasteiger partial charge in [0.25, 0.3) is 5.91 Å². The predicted octanol–water partition coefficient (Wildman–Crippen LogP) is 6.02. The largest absolute Gasteiger partial charge is 0.322 e. The number of nitrogens with zero attached hydrogens (tertiary/aromatic N) is 1. The molecule has 4 rings (SSSR count). The van der Waals surface area contributed by atoms with Gasteiger partial charge in [0.15, 0.2) is 0 Å². The average molecular weight is 457 g/mol. The highest BCUT2D eigenvalue weighted by Crippen LogP contribution is 2.39.